The maximum Gasteiger partial charge on any atom is 0.0499 e. The summed E-state index contributed by atoms with van der Waals surface area (Å²) in [5, 5.41) is 22.3. The molecule has 0 spiro atoms. The van der Waals surface area contributed by atoms with Gasteiger partial charge in [0.05, 0.1) is 0 Å². The van der Waals surface area contributed by atoms with Crippen LogP contribution in [0.4, 0.5) is 0 Å². The zero-order chi connectivity index (χ0) is 12.0. The van der Waals surface area contributed by atoms with Gasteiger partial charge in [-0.15, -0.1) is 0 Å². The van der Waals surface area contributed by atoms with Crippen molar-refractivity contribution in [3.63, 3.8) is 0 Å². The lowest BCUT2D eigenvalue weighted by atomic mass is 9.83. The maximum atomic E-state index is 9.48. The molecule has 1 aliphatic carbocycles. The summed E-state index contributed by atoms with van der Waals surface area (Å²) in [6.45, 7) is 5.70. The smallest absolute Gasteiger partial charge is 0.0499 e. The van der Waals surface area contributed by atoms with E-state index in [1.54, 1.807) is 0 Å². The zero-order valence-corrected chi connectivity index (χ0v) is 10.7. The normalized spacial score (nSPS) is 26.2. The van der Waals surface area contributed by atoms with Gasteiger partial charge in [0.2, 0.25) is 0 Å². The Morgan fingerprint density at radius 1 is 1.19 bits per heavy atom. The molecule has 2 atom stereocenters. The second kappa shape index (κ2) is 6.58. The molecule has 1 rings (SSSR count). The van der Waals surface area contributed by atoms with Gasteiger partial charge in [-0.25, -0.2) is 0 Å². The Morgan fingerprint density at radius 3 is 2.38 bits per heavy atom. The summed E-state index contributed by atoms with van der Waals surface area (Å²) in [7, 11) is 0. The summed E-state index contributed by atoms with van der Waals surface area (Å²) < 4.78 is 0. The third kappa shape index (κ3) is 3.19. The summed E-state index contributed by atoms with van der Waals surface area (Å²) in [6, 6.07) is 0.453. The molecule has 0 aliphatic heterocycles. The van der Waals surface area contributed by atoms with Gasteiger partial charge in [-0.3, -0.25) is 0 Å². The zero-order valence-electron chi connectivity index (χ0n) is 10.7. The van der Waals surface area contributed by atoms with Gasteiger partial charge in [0.1, 0.15) is 0 Å². The van der Waals surface area contributed by atoms with Crippen LogP contribution >= 0.6 is 0 Å². The van der Waals surface area contributed by atoms with Crippen molar-refractivity contribution in [1.29, 1.82) is 0 Å². The molecule has 3 nitrogen and oxygen atoms in total. The molecule has 1 fully saturated rings. The fourth-order valence-electron chi connectivity index (χ4n) is 2.65. The fourth-order valence-corrected chi connectivity index (χ4v) is 2.65. The van der Waals surface area contributed by atoms with Gasteiger partial charge in [0.25, 0.3) is 0 Å². The van der Waals surface area contributed by atoms with Crippen LogP contribution in [0.15, 0.2) is 0 Å². The van der Waals surface area contributed by atoms with Crippen LogP contribution in [0.2, 0.25) is 0 Å². The van der Waals surface area contributed by atoms with Gasteiger partial charge < -0.3 is 15.5 Å². The van der Waals surface area contributed by atoms with Crippen molar-refractivity contribution in [2.75, 3.05) is 19.8 Å². The molecule has 0 heterocycles. The average Bonchev–Trinajstić information content (AvgIpc) is 2.79. The molecule has 0 aromatic carbocycles. The van der Waals surface area contributed by atoms with E-state index in [9.17, 15) is 10.2 Å². The minimum Gasteiger partial charge on any atom is -0.396 e. The molecule has 0 amide bonds. The highest BCUT2D eigenvalue weighted by atomic mass is 16.3. The summed E-state index contributed by atoms with van der Waals surface area (Å²) >= 11 is 0. The Morgan fingerprint density at radius 2 is 1.88 bits per heavy atom. The summed E-state index contributed by atoms with van der Waals surface area (Å²) in [5.74, 6) is 0.421. The molecular formula is C13H27NO2. The number of hydrogen-bond donors (Lipinski definition) is 3. The van der Waals surface area contributed by atoms with E-state index in [1.807, 2.05) is 0 Å². The summed E-state index contributed by atoms with van der Waals surface area (Å²) in [4.78, 5) is 0. The van der Waals surface area contributed by atoms with E-state index in [2.05, 4.69) is 19.2 Å². The van der Waals surface area contributed by atoms with Crippen molar-refractivity contribution < 1.29 is 10.2 Å². The van der Waals surface area contributed by atoms with E-state index < -0.39 is 0 Å². The number of aliphatic hydroxyl groups excluding tert-OH is 2. The van der Waals surface area contributed by atoms with Crippen molar-refractivity contribution in [1.82, 2.24) is 5.32 Å². The van der Waals surface area contributed by atoms with Gasteiger partial charge >= 0.3 is 0 Å². The molecule has 0 aromatic heterocycles. The Bertz CT molecular complexity index is 184. The predicted molar refractivity (Wildman–Crippen MR) is 66.3 cm³/mol. The Kier molecular flexibility index (Phi) is 5.73. The third-order valence-corrected chi connectivity index (χ3v) is 4.47. The Balaban J connectivity index is 2.42. The van der Waals surface area contributed by atoms with Crippen LogP contribution in [-0.4, -0.2) is 36.0 Å². The van der Waals surface area contributed by atoms with Crippen molar-refractivity contribution in [3.8, 4) is 0 Å². The molecule has 3 heteroatoms. The highest BCUT2D eigenvalue weighted by Crippen LogP contribution is 2.28. The molecular weight excluding hydrogens is 202 g/mol. The van der Waals surface area contributed by atoms with E-state index >= 15 is 0 Å². The molecule has 2 unspecified atom stereocenters. The number of rotatable bonds is 7. The maximum absolute atomic E-state index is 9.48. The molecule has 1 saturated carbocycles. The van der Waals surface area contributed by atoms with Crippen LogP contribution in [0.3, 0.4) is 0 Å². The number of nitrogens with one attached hydrogen (secondary N) is 1. The van der Waals surface area contributed by atoms with Crippen LogP contribution in [0.25, 0.3) is 0 Å². The summed E-state index contributed by atoms with van der Waals surface area (Å²) in [5.41, 5.74) is 0.0304. The van der Waals surface area contributed by atoms with Crippen LogP contribution in [-0.2, 0) is 0 Å². The second-order valence-corrected chi connectivity index (χ2v) is 5.23. The van der Waals surface area contributed by atoms with E-state index in [-0.39, 0.29) is 12.0 Å². The summed E-state index contributed by atoms with van der Waals surface area (Å²) in [6.07, 6.45) is 5.53. The van der Waals surface area contributed by atoms with Gasteiger partial charge in [-0.05, 0) is 31.6 Å². The SMILES string of the molecule is CCC(CC)(CO)CNC1CCCC1CO. The Labute approximate surface area is 99.3 Å². The molecule has 96 valence electrons. The monoisotopic (exact) mass is 229 g/mol. The lowest BCUT2D eigenvalue weighted by Gasteiger charge is -2.32. The first kappa shape index (κ1) is 13.9. The lowest BCUT2D eigenvalue weighted by molar-refractivity contribution is 0.104. The number of aliphatic hydroxyl groups is 2. The average molecular weight is 229 g/mol. The largest absolute Gasteiger partial charge is 0.396 e. The van der Waals surface area contributed by atoms with Gasteiger partial charge in [0.15, 0.2) is 0 Å². The van der Waals surface area contributed by atoms with Crippen LogP contribution in [0.1, 0.15) is 46.0 Å². The quantitative estimate of drug-likeness (QED) is 0.620. The first-order valence-corrected chi connectivity index (χ1v) is 6.66. The highest BCUT2D eigenvalue weighted by Gasteiger charge is 2.30. The van der Waals surface area contributed by atoms with Crippen molar-refractivity contribution in [3.05, 3.63) is 0 Å². The molecule has 1 aliphatic rings. The molecule has 0 saturated heterocycles. The highest BCUT2D eigenvalue weighted by molar-refractivity contribution is 4.86. The number of hydrogen-bond acceptors (Lipinski definition) is 3. The van der Waals surface area contributed by atoms with Gasteiger partial charge in [-0.2, -0.15) is 0 Å². The van der Waals surface area contributed by atoms with E-state index in [0.29, 0.717) is 18.6 Å². The fraction of sp³-hybridized carbons (Fsp3) is 1.00. The van der Waals surface area contributed by atoms with E-state index in [0.717, 1.165) is 25.8 Å². The first-order chi connectivity index (χ1) is 7.71. The molecule has 16 heavy (non-hydrogen) atoms. The van der Waals surface area contributed by atoms with Crippen molar-refractivity contribution in [2.45, 2.75) is 52.0 Å². The first-order valence-electron chi connectivity index (χ1n) is 6.66. The van der Waals surface area contributed by atoms with Gasteiger partial charge in [-0.1, -0.05) is 20.3 Å². The molecule has 3 N–H and O–H groups in total. The van der Waals surface area contributed by atoms with Crippen molar-refractivity contribution in [2.24, 2.45) is 11.3 Å². The van der Waals surface area contributed by atoms with E-state index in [1.165, 1.54) is 12.8 Å². The Hall–Kier alpha value is -0.120. The third-order valence-electron chi connectivity index (χ3n) is 4.47. The van der Waals surface area contributed by atoms with Crippen LogP contribution < -0.4 is 5.32 Å². The van der Waals surface area contributed by atoms with Crippen LogP contribution in [0, 0.1) is 11.3 Å². The minimum atomic E-state index is 0.0304. The van der Waals surface area contributed by atoms with Crippen LogP contribution in [0.5, 0.6) is 0 Å². The lowest BCUT2D eigenvalue weighted by Crippen LogP contribution is -2.43. The second-order valence-electron chi connectivity index (χ2n) is 5.23. The molecule has 0 bridgehead atoms. The standard InChI is InChI=1S/C13H27NO2/c1-3-13(4-2,10-16)9-14-12-7-5-6-11(12)8-15/h11-12,14-16H,3-10H2,1-2H3. The minimum absolute atomic E-state index is 0.0304. The van der Waals surface area contributed by atoms with E-state index in [4.69, 9.17) is 0 Å². The topological polar surface area (TPSA) is 52.5 Å². The predicted octanol–water partition coefficient (Wildman–Crippen LogP) is 1.54. The molecule has 0 aromatic rings. The molecule has 0 radical (unpaired) electrons. The van der Waals surface area contributed by atoms with Crippen molar-refractivity contribution >= 4 is 0 Å². The van der Waals surface area contributed by atoms with Gasteiger partial charge in [0, 0.05) is 31.2 Å².